The standard InChI is InChI=1S/C14H24N2S/c1-12(2)10-13-11-16(8-6-15-13)7-5-14-4-3-9-17-14/h3-4,9,12-13,15H,5-8,10-11H2,1-2H3. The molecule has 0 aliphatic carbocycles. The van der Waals surface area contributed by atoms with E-state index in [4.69, 9.17) is 0 Å². The highest BCUT2D eigenvalue weighted by Gasteiger charge is 2.19. The van der Waals surface area contributed by atoms with E-state index in [-0.39, 0.29) is 0 Å². The Hall–Kier alpha value is -0.380. The molecule has 0 spiro atoms. The summed E-state index contributed by atoms with van der Waals surface area (Å²) in [6.45, 7) is 9.43. The highest BCUT2D eigenvalue weighted by Crippen LogP contribution is 2.12. The Balaban J connectivity index is 1.73. The van der Waals surface area contributed by atoms with E-state index in [9.17, 15) is 0 Å². The van der Waals surface area contributed by atoms with Gasteiger partial charge in [0.05, 0.1) is 0 Å². The lowest BCUT2D eigenvalue weighted by atomic mass is 10.0. The van der Waals surface area contributed by atoms with E-state index in [1.54, 1.807) is 0 Å². The van der Waals surface area contributed by atoms with Gasteiger partial charge >= 0.3 is 0 Å². The summed E-state index contributed by atoms with van der Waals surface area (Å²) in [5.41, 5.74) is 0. The zero-order chi connectivity index (χ0) is 12.1. The minimum absolute atomic E-state index is 0.701. The van der Waals surface area contributed by atoms with Gasteiger partial charge in [-0.25, -0.2) is 0 Å². The molecule has 1 atom stereocenters. The summed E-state index contributed by atoms with van der Waals surface area (Å²) in [4.78, 5) is 4.13. The van der Waals surface area contributed by atoms with Crippen LogP contribution in [-0.2, 0) is 6.42 Å². The molecule has 2 rings (SSSR count). The molecule has 17 heavy (non-hydrogen) atoms. The molecular weight excluding hydrogens is 228 g/mol. The van der Waals surface area contributed by atoms with Crippen molar-refractivity contribution in [1.29, 1.82) is 0 Å². The summed E-state index contributed by atoms with van der Waals surface area (Å²) in [5.74, 6) is 0.796. The average molecular weight is 252 g/mol. The Morgan fingerprint density at radius 1 is 1.53 bits per heavy atom. The van der Waals surface area contributed by atoms with Crippen LogP contribution in [0.3, 0.4) is 0 Å². The summed E-state index contributed by atoms with van der Waals surface area (Å²) in [7, 11) is 0. The number of piperazine rings is 1. The molecule has 0 saturated carbocycles. The van der Waals surface area contributed by atoms with Crippen LogP contribution in [0.1, 0.15) is 25.1 Å². The van der Waals surface area contributed by atoms with Crippen molar-refractivity contribution >= 4 is 11.3 Å². The minimum atomic E-state index is 0.701. The van der Waals surface area contributed by atoms with Crippen LogP contribution in [0.2, 0.25) is 0 Å². The fourth-order valence-corrected chi connectivity index (χ4v) is 3.25. The van der Waals surface area contributed by atoms with Crippen molar-refractivity contribution in [2.45, 2.75) is 32.7 Å². The number of nitrogens with one attached hydrogen (secondary N) is 1. The highest BCUT2D eigenvalue weighted by molar-refractivity contribution is 7.09. The number of nitrogens with zero attached hydrogens (tertiary/aromatic N) is 1. The maximum atomic E-state index is 3.63. The smallest absolute Gasteiger partial charge is 0.0198 e. The monoisotopic (exact) mass is 252 g/mol. The van der Waals surface area contributed by atoms with Crippen molar-refractivity contribution < 1.29 is 0 Å². The Bertz CT molecular complexity index is 308. The van der Waals surface area contributed by atoms with Crippen LogP contribution in [0.15, 0.2) is 17.5 Å². The van der Waals surface area contributed by atoms with E-state index in [1.807, 2.05) is 11.3 Å². The Kier molecular flexibility index (Phi) is 5.01. The van der Waals surface area contributed by atoms with E-state index in [1.165, 1.54) is 37.4 Å². The summed E-state index contributed by atoms with van der Waals surface area (Å²) in [5, 5.41) is 5.81. The van der Waals surface area contributed by atoms with Gasteiger partial charge in [-0.05, 0) is 30.2 Å². The summed E-state index contributed by atoms with van der Waals surface area (Å²) >= 11 is 1.88. The largest absolute Gasteiger partial charge is 0.311 e. The normalized spacial score (nSPS) is 22.2. The van der Waals surface area contributed by atoms with Crippen LogP contribution >= 0.6 is 11.3 Å². The lowest BCUT2D eigenvalue weighted by Crippen LogP contribution is -2.51. The summed E-state index contributed by atoms with van der Waals surface area (Å²) in [6, 6.07) is 5.10. The van der Waals surface area contributed by atoms with Gasteiger partial charge in [0.25, 0.3) is 0 Å². The molecule has 3 heteroatoms. The molecule has 0 radical (unpaired) electrons. The lowest BCUT2D eigenvalue weighted by Gasteiger charge is -2.34. The van der Waals surface area contributed by atoms with Gasteiger partial charge in [0.2, 0.25) is 0 Å². The molecule has 0 bridgehead atoms. The molecule has 96 valence electrons. The second-order valence-corrected chi connectivity index (χ2v) is 6.44. The molecule has 2 nitrogen and oxygen atoms in total. The molecule has 1 unspecified atom stereocenters. The summed E-state index contributed by atoms with van der Waals surface area (Å²) in [6.07, 6.45) is 2.52. The third kappa shape index (κ3) is 4.41. The van der Waals surface area contributed by atoms with Crippen molar-refractivity contribution in [1.82, 2.24) is 10.2 Å². The van der Waals surface area contributed by atoms with E-state index >= 15 is 0 Å². The molecule has 0 aromatic carbocycles. The molecule has 1 aliphatic heterocycles. The summed E-state index contributed by atoms with van der Waals surface area (Å²) < 4.78 is 0. The second kappa shape index (κ2) is 6.53. The van der Waals surface area contributed by atoms with Gasteiger partial charge in [-0.2, -0.15) is 0 Å². The van der Waals surface area contributed by atoms with Crippen LogP contribution in [0.5, 0.6) is 0 Å². The SMILES string of the molecule is CC(C)CC1CN(CCc2cccs2)CCN1. The minimum Gasteiger partial charge on any atom is -0.311 e. The van der Waals surface area contributed by atoms with Crippen LogP contribution < -0.4 is 5.32 Å². The Morgan fingerprint density at radius 2 is 2.41 bits per heavy atom. The number of thiophene rings is 1. The zero-order valence-corrected chi connectivity index (χ0v) is 11.8. The predicted molar refractivity (Wildman–Crippen MR) is 75.7 cm³/mol. The highest BCUT2D eigenvalue weighted by atomic mass is 32.1. The average Bonchev–Trinajstić information content (AvgIpc) is 2.79. The van der Waals surface area contributed by atoms with Crippen LogP contribution in [0.4, 0.5) is 0 Å². The first-order valence-electron chi connectivity index (χ1n) is 6.72. The number of hydrogen-bond donors (Lipinski definition) is 1. The van der Waals surface area contributed by atoms with Crippen molar-refractivity contribution in [3.8, 4) is 0 Å². The Labute approximate surface area is 109 Å². The molecule has 1 aromatic rings. The van der Waals surface area contributed by atoms with Crippen LogP contribution in [0.25, 0.3) is 0 Å². The quantitative estimate of drug-likeness (QED) is 0.866. The fourth-order valence-electron chi connectivity index (χ4n) is 2.55. The van der Waals surface area contributed by atoms with Crippen molar-refractivity contribution in [2.75, 3.05) is 26.2 Å². The first-order valence-corrected chi connectivity index (χ1v) is 7.60. The van der Waals surface area contributed by atoms with Crippen molar-refractivity contribution in [3.63, 3.8) is 0 Å². The third-order valence-electron chi connectivity index (χ3n) is 3.35. The molecule has 2 heterocycles. The third-order valence-corrected chi connectivity index (χ3v) is 4.29. The van der Waals surface area contributed by atoms with Gasteiger partial charge < -0.3 is 10.2 Å². The van der Waals surface area contributed by atoms with Gasteiger partial charge in [0.1, 0.15) is 0 Å². The van der Waals surface area contributed by atoms with Gasteiger partial charge in [0, 0.05) is 37.1 Å². The van der Waals surface area contributed by atoms with Gasteiger partial charge in [-0.3, -0.25) is 0 Å². The maximum Gasteiger partial charge on any atom is 0.0198 e. The van der Waals surface area contributed by atoms with Gasteiger partial charge in [-0.1, -0.05) is 19.9 Å². The fraction of sp³-hybridized carbons (Fsp3) is 0.714. The van der Waals surface area contributed by atoms with Gasteiger partial charge in [-0.15, -0.1) is 11.3 Å². The number of hydrogen-bond acceptors (Lipinski definition) is 3. The molecule has 1 aromatic heterocycles. The van der Waals surface area contributed by atoms with Gasteiger partial charge in [0.15, 0.2) is 0 Å². The first kappa shape index (κ1) is 13.1. The van der Waals surface area contributed by atoms with Crippen molar-refractivity contribution in [3.05, 3.63) is 22.4 Å². The predicted octanol–water partition coefficient (Wildman–Crippen LogP) is 2.61. The van der Waals surface area contributed by atoms with Crippen LogP contribution in [-0.4, -0.2) is 37.1 Å². The molecular formula is C14H24N2S. The van der Waals surface area contributed by atoms with E-state index in [0.29, 0.717) is 6.04 Å². The maximum absolute atomic E-state index is 3.63. The van der Waals surface area contributed by atoms with E-state index in [0.717, 1.165) is 12.5 Å². The zero-order valence-electron chi connectivity index (χ0n) is 11.0. The van der Waals surface area contributed by atoms with E-state index < -0.39 is 0 Å². The molecule has 1 aliphatic rings. The number of rotatable bonds is 5. The van der Waals surface area contributed by atoms with Crippen molar-refractivity contribution in [2.24, 2.45) is 5.92 Å². The van der Waals surface area contributed by atoms with Crippen LogP contribution in [0, 0.1) is 5.92 Å². The first-order chi connectivity index (χ1) is 8.24. The topological polar surface area (TPSA) is 15.3 Å². The Morgan fingerprint density at radius 3 is 3.12 bits per heavy atom. The second-order valence-electron chi connectivity index (χ2n) is 5.41. The molecule has 0 amide bonds. The molecule has 1 saturated heterocycles. The molecule has 1 fully saturated rings. The molecule has 1 N–H and O–H groups in total. The van der Waals surface area contributed by atoms with E-state index in [2.05, 4.69) is 41.6 Å². The lowest BCUT2D eigenvalue weighted by molar-refractivity contribution is 0.188.